The Bertz CT molecular complexity index is 680. The number of rotatable bonds is 5. The van der Waals surface area contributed by atoms with Gasteiger partial charge in [-0.15, -0.1) is 6.58 Å². The summed E-state index contributed by atoms with van der Waals surface area (Å²) in [6.07, 6.45) is 3.35. The number of benzene rings is 1. The van der Waals surface area contributed by atoms with E-state index in [1.54, 1.807) is 30.3 Å². The third-order valence-corrected chi connectivity index (χ3v) is 3.63. The van der Waals surface area contributed by atoms with Gasteiger partial charge in [-0.2, -0.15) is 0 Å². The second-order valence-corrected chi connectivity index (χ2v) is 5.00. The van der Waals surface area contributed by atoms with Crippen molar-refractivity contribution in [3.05, 3.63) is 47.5 Å². The molecule has 0 amide bonds. The van der Waals surface area contributed by atoms with E-state index < -0.39 is 5.76 Å². The number of allylic oxidation sites excluding steroid dienone is 1. The van der Waals surface area contributed by atoms with Crippen molar-refractivity contribution < 1.29 is 9.21 Å². The molecule has 0 saturated heterocycles. The van der Waals surface area contributed by atoms with Crippen LogP contribution in [0.25, 0.3) is 11.1 Å². The van der Waals surface area contributed by atoms with Gasteiger partial charge in [-0.05, 0) is 24.5 Å². The first-order valence-electron chi connectivity index (χ1n) is 6.87. The smallest absolute Gasteiger partial charge is 0.407 e. The minimum absolute atomic E-state index is 0.0167. The summed E-state index contributed by atoms with van der Waals surface area (Å²) in [5.74, 6) is -1.07. The summed E-state index contributed by atoms with van der Waals surface area (Å²) in [7, 11) is 0. The van der Waals surface area contributed by atoms with Gasteiger partial charge in [0.2, 0.25) is 5.91 Å². The van der Waals surface area contributed by atoms with Crippen molar-refractivity contribution in [3.8, 4) is 0 Å². The van der Waals surface area contributed by atoms with Crippen LogP contribution in [-0.4, -0.2) is 10.5 Å². The zero-order valence-corrected chi connectivity index (χ0v) is 11.8. The Hall–Kier alpha value is -2.10. The van der Waals surface area contributed by atoms with E-state index in [-0.39, 0.29) is 17.7 Å². The number of para-hydroxylation sites is 2. The fourth-order valence-corrected chi connectivity index (χ4v) is 2.43. The molecule has 106 valence electrons. The first kappa shape index (κ1) is 14.3. The monoisotopic (exact) mass is 273 g/mol. The van der Waals surface area contributed by atoms with Crippen molar-refractivity contribution in [1.29, 1.82) is 0 Å². The topological polar surface area (TPSA) is 52.2 Å². The minimum atomic E-state index is -0.617. The Balaban J connectivity index is 2.51. The Kier molecular flexibility index (Phi) is 4.23. The summed E-state index contributed by atoms with van der Waals surface area (Å²) in [5.41, 5.74) is 0.965. The number of hydrogen-bond acceptors (Lipinski definition) is 3. The maximum absolute atomic E-state index is 12.7. The fourth-order valence-electron chi connectivity index (χ4n) is 2.43. The van der Waals surface area contributed by atoms with Crippen molar-refractivity contribution in [2.24, 2.45) is 11.8 Å². The van der Waals surface area contributed by atoms with E-state index in [1.807, 2.05) is 13.8 Å². The quantitative estimate of drug-likeness (QED) is 0.784. The average Bonchev–Trinajstić information content (AvgIpc) is 2.79. The largest absolute Gasteiger partial charge is 0.426 e. The molecule has 0 fully saturated rings. The van der Waals surface area contributed by atoms with Crippen LogP contribution in [0.5, 0.6) is 0 Å². The minimum Gasteiger partial charge on any atom is -0.407 e. The Morgan fingerprint density at radius 3 is 2.80 bits per heavy atom. The van der Waals surface area contributed by atoms with Crippen molar-refractivity contribution in [2.45, 2.75) is 26.7 Å². The number of hydrogen-bond donors (Lipinski definition) is 0. The van der Waals surface area contributed by atoms with Crippen LogP contribution in [0, 0.1) is 11.8 Å². The standard InChI is InChI=1S/C16H19NO3/c1-4-8-12(11(3)5-2)15(18)17-13-9-6-7-10-14(13)20-16(17)19/h5-7,9-12H,2,4,8H2,1,3H3. The highest BCUT2D eigenvalue weighted by molar-refractivity contribution is 5.90. The maximum atomic E-state index is 12.7. The molecule has 0 N–H and O–H groups in total. The van der Waals surface area contributed by atoms with Crippen LogP contribution in [-0.2, 0) is 0 Å². The summed E-state index contributed by atoms with van der Waals surface area (Å²) in [6.45, 7) is 7.71. The molecule has 2 aromatic rings. The van der Waals surface area contributed by atoms with Crippen LogP contribution in [0.2, 0.25) is 0 Å². The molecule has 1 aromatic carbocycles. The second-order valence-electron chi connectivity index (χ2n) is 5.00. The predicted octanol–water partition coefficient (Wildman–Crippen LogP) is 3.47. The Labute approximate surface area is 117 Å². The SMILES string of the molecule is C=CC(C)C(CCC)C(=O)n1c(=O)oc2ccccc21. The molecule has 0 aliphatic carbocycles. The van der Waals surface area contributed by atoms with Crippen LogP contribution in [0.15, 0.2) is 46.1 Å². The second kappa shape index (κ2) is 5.90. The van der Waals surface area contributed by atoms with Crippen LogP contribution in [0.4, 0.5) is 0 Å². The summed E-state index contributed by atoms with van der Waals surface area (Å²) < 4.78 is 6.27. The van der Waals surface area contributed by atoms with Gasteiger partial charge in [-0.3, -0.25) is 4.79 Å². The molecule has 0 aliphatic heterocycles. The molecular weight excluding hydrogens is 254 g/mol. The lowest BCUT2D eigenvalue weighted by molar-refractivity contribution is 0.0794. The van der Waals surface area contributed by atoms with Gasteiger partial charge in [-0.25, -0.2) is 9.36 Å². The van der Waals surface area contributed by atoms with Crippen molar-refractivity contribution in [3.63, 3.8) is 0 Å². The summed E-state index contributed by atoms with van der Waals surface area (Å²) in [6, 6.07) is 6.97. The lowest BCUT2D eigenvalue weighted by Crippen LogP contribution is -2.32. The Morgan fingerprint density at radius 2 is 2.15 bits per heavy atom. The zero-order valence-electron chi connectivity index (χ0n) is 11.8. The number of aromatic nitrogens is 1. The lowest BCUT2D eigenvalue weighted by Gasteiger charge is -2.19. The molecule has 1 aromatic heterocycles. The van der Waals surface area contributed by atoms with E-state index in [2.05, 4.69) is 6.58 Å². The highest BCUT2D eigenvalue weighted by Gasteiger charge is 2.27. The van der Waals surface area contributed by atoms with Crippen LogP contribution in [0.1, 0.15) is 31.5 Å². The summed E-state index contributed by atoms with van der Waals surface area (Å²) >= 11 is 0. The van der Waals surface area contributed by atoms with E-state index >= 15 is 0 Å². The molecule has 20 heavy (non-hydrogen) atoms. The maximum Gasteiger partial charge on any atom is 0.426 e. The Morgan fingerprint density at radius 1 is 1.45 bits per heavy atom. The number of carbonyl (C=O) groups excluding carboxylic acids is 1. The molecule has 4 heteroatoms. The first-order valence-corrected chi connectivity index (χ1v) is 6.87. The molecule has 0 spiro atoms. The summed E-state index contributed by atoms with van der Waals surface area (Å²) in [4.78, 5) is 24.6. The molecule has 2 atom stereocenters. The number of nitrogens with zero attached hydrogens (tertiary/aromatic N) is 1. The molecule has 2 rings (SSSR count). The fraction of sp³-hybridized carbons (Fsp3) is 0.375. The van der Waals surface area contributed by atoms with E-state index in [0.29, 0.717) is 11.1 Å². The predicted molar refractivity (Wildman–Crippen MR) is 78.9 cm³/mol. The van der Waals surface area contributed by atoms with Gasteiger partial charge >= 0.3 is 5.76 Å². The highest BCUT2D eigenvalue weighted by atomic mass is 16.4. The molecule has 0 bridgehead atoms. The van der Waals surface area contributed by atoms with Gasteiger partial charge in [0.15, 0.2) is 5.58 Å². The number of fused-ring (bicyclic) bond motifs is 1. The van der Waals surface area contributed by atoms with Gasteiger partial charge in [-0.1, -0.05) is 38.5 Å². The molecule has 2 unspecified atom stereocenters. The van der Waals surface area contributed by atoms with Gasteiger partial charge in [0, 0.05) is 5.92 Å². The van der Waals surface area contributed by atoms with Gasteiger partial charge in [0.25, 0.3) is 0 Å². The van der Waals surface area contributed by atoms with Gasteiger partial charge in [0.05, 0.1) is 5.52 Å². The van der Waals surface area contributed by atoms with Crippen LogP contribution in [0.3, 0.4) is 0 Å². The normalized spacial score (nSPS) is 14.1. The third kappa shape index (κ3) is 2.46. The number of carbonyl (C=O) groups is 1. The van der Waals surface area contributed by atoms with E-state index in [1.165, 1.54) is 0 Å². The number of oxazole rings is 1. The lowest BCUT2D eigenvalue weighted by atomic mass is 9.89. The van der Waals surface area contributed by atoms with E-state index in [0.717, 1.165) is 17.4 Å². The van der Waals surface area contributed by atoms with Crippen LogP contribution >= 0.6 is 0 Å². The zero-order chi connectivity index (χ0) is 14.7. The highest BCUT2D eigenvalue weighted by Crippen LogP contribution is 2.22. The molecule has 0 radical (unpaired) electrons. The molecule has 0 saturated carbocycles. The van der Waals surface area contributed by atoms with Crippen molar-refractivity contribution in [1.82, 2.24) is 4.57 Å². The first-order chi connectivity index (χ1) is 9.60. The van der Waals surface area contributed by atoms with Crippen molar-refractivity contribution >= 4 is 17.0 Å². The van der Waals surface area contributed by atoms with Crippen molar-refractivity contribution in [2.75, 3.05) is 0 Å². The van der Waals surface area contributed by atoms with E-state index in [9.17, 15) is 9.59 Å². The average molecular weight is 273 g/mol. The molecular formula is C16H19NO3. The van der Waals surface area contributed by atoms with Gasteiger partial charge in [0.1, 0.15) is 0 Å². The van der Waals surface area contributed by atoms with Crippen LogP contribution < -0.4 is 5.76 Å². The molecule has 4 nitrogen and oxygen atoms in total. The molecule has 0 aliphatic rings. The van der Waals surface area contributed by atoms with Gasteiger partial charge < -0.3 is 4.42 Å². The van der Waals surface area contributed by atoms with E-state index in [4.69, 9.17) is 4.42 Å². The summed E-state index contributed by atoms with van der Waals surface area (Å²) in [5, 5.41) is 0. The third-order valence-electron chi connectivity index (χ3n) is 3.63. The molecule has 1 heterocycles.